The second-order valence-electron chi connectivity index (χ2n) is 5.10. The van der Waals surface area contributed by atoms with E-state index < -0.39 is 0 Å². The molecule has 2 heterocycles. The van der Waals surface area contributed by atoms with E-state index in [1.807, 2.05) is 11.5 Å². The zero-order valence-corrected chi connectivity index (χ0v) is 12.7. The van der Waals surface area contributed by atoms with Crippen LogP contribution in [0.4, 0.5) is 0 Å². The molecule has 0 bridgehead atoms. The average Bonchev–Trinajstić information content (AvgIpc) is 2.83. The summed E-state index contributed by atoms with van der Waals surface area (Å²) in [6, 6.07) is 0. The number of unbranched alkanes of at least 4 members (excludes halogenated alkanes) is 1. The molecule has 3 N–H and O–H groups in total. The van der Waals surface area contributed by atoms with Gasteiger partial charge in [0.1, 0.15) is 5.82 Å². The van der Waals surface area contributed by atoms with Crippen molar-refractivity contribution in [2.75, 3.05) is 6.54 Å². The first-order valence-corrected chi connectivity index (χ1v) is 7.56. The average molecular weight is 293 g/mol. The van der Waals surface area contributed by atoms with E-state index in [-0.39, 0.29) is 11.2 Å². The maximum absolute atomic E-state index is 12.1. The fraction of sp³-hybridized carbons (Fsp3) is 0.643. The number of rotatable bonds is 7. The largest absolute Gasteiger partial charge is 0.330 e. The smallest absolute Gasteiger partial charge is 0.330 e. The van der Waals surface area contributed by atoms with Gasteiger partial charge in [-0.1, -0.05) is 13.3 Å². The number of hydrogen-bond acceptors (Lipinski definition) is 4. The summed E-state index contributed by atoms with van der Waals surface area (Å²) in [4.78, 5) is 31.1. The third-order valence-corrected chi connectivity index (χ3v) is 3.62. The summed E-state index contributed by atoms with van der Waals surface area (Å²) in [6.45, 7) is 5.82. The minimum absolute atomic E-state index is 0.365. The lowest BCUT2D eigenvalue weighted by molar-refractivity contribution is 0.613. The molecule has 0 aliphatic rings. The SMILES string of the molecule is CCCCn1c(=O)[nH]c(=O)c2c1nc(CCCN)n2CC. The van der Waals surface area contributed by atoms with Crippen LogP contribution in [0.5, 0.6) is 0 Å². The first kappa shape index (κ1) is 15.5. The minimum Gasteiger partial charge on any atom is -0.330 e. The molecule has 0 spiro atoms. The Labute approximate surface area is 122 Å². The van der Waals surface area contributed by atoms with E-state index in [1.54, 1.807) is 4.57 Å². The van der Waals surface area contributed by atoms with E-state index in [4.69, 9.17) is 5.73 Å². The van der Waals surface area contributed by atoms with Crippen molar-refractivity contribution < 1.29 is 0 Å². The van der Waals surface area contributed by atoms with E-state index >= 15 is 0 Å². The molecule has 7 heteroatoms. The maximum atomic E-state index is 12.1. The van der Waals surface area contributed by atoms with Crippen LogP contribution in [0.25, 0.3) is 11.2 Å². The van der Waals surface area contributed by atoms with Crippen LogP contribution in [0.3, 0.4) is 0 Å². The molecular formula is C14H23N5O2. The van der Waals surface area contributed by atoms with Gasteiger partial charge in [-0.15, -0.1) is 0 Å². The molecule has 0 atom stereocenters. The molecule has 0 aliphatic carbocycles. The highest BCUT2D eigenvalue weighted by molar-refractivity contribution is 5.70. The number of imidazole rings is 1. The Morgan fingerprint density at radius 1 is 1.19 bits per heavy atom. The van der Waals surface area contributed by atoms with Gasteiger partial charge in [-0.2, -0.15) is 0 Å². The van der Waals surface area contributed by atoms with E-state index in [9.17, 15) is 9.59 Å². The molecule has 0 radical (unpaired) electrons. The highest BCUT2D eigenvalue weighted by atomic mass is 16.2. The quantitative estimate of drug-likeness (QED) is 0.780. The lowest BCUT2D eigenvalue weighted by Gasteiger charge is -2.06. The van der Waals surface area contributed by atoms with E-state index in [0.29, 0.717) is 37.2 Å². The van der Waals surface area contributed by atoms with Crippen molar-refractivity contribution in [3.8, 4) is 0 Å². The molecule has 0 fully saturated rings. The first-order chi connectivity index (χ1) is 10.1. The molecule has 21 heavy (non-hydrogen) atoms. The summed E-state index contributed by atoms with van der Waals surface area (Å²) in [5.41, 5.74) is 5.78. The molecule has 2 aromatic rings. The molecule has 0 aromatic carbocycles. The molecule has 2 rings (SSSR count). The van der Waals surface area contributed by atoms with Crippen molar-refractivity contribution in [3.63, 3.8) is 0 Å². The third kappa shape index (κ3) is 2.92. The predicted octanol–water partition coefficient (Wildman–Crippen LogP) is 0.598. The number of nitrogens with one attached hydrogen (secondary N) is 1. The fourth-order valence-electron chi connectivity index (χ4n) is 2.53. The molecule has 0 unspecified atom stereocenters. The van der Waals surface area contributed by atoms with Gasteiger partial charge in [-0.3, -0.25) is 14.3 Å². The molecule has 0 aliphatic heterocycles. The Morgan fingerprint density at radius 3 is 2.57 bits per heavy atom. The van der Waals surface area contributed by atoms with Crippen LogP contribution in [-0.4, -0.2) is 25.6 Å². The Morgan fingerprint density at radius 2 is 1.95 bits per heavy atom. The van der Waals surface area contributed by atoms with Crippen LogP contribution in [0.2, 0.25) is 0 Å². The molecule has 116 valence electrons. The zero-order chi connectivity index (χ0) is 15.4. The zero-order valence-electron chi connectivity index (χ0n) is 12.7. The molecular weight excluding hydrogens is 270 g/mol. The van der Waals surface area contributed by atoms with E-state index in [1.165, 1.54) is 0 Å². The van der Waals surface area contributed by atoms with Crippen molar-refractivity contribution >= 4 is 11.2 Å². The number of fused-ring (bicyclic) bond motifs is 1. The summed E-state index contributed by atoms with van der Waals surface area (Å²) in [5, 5.41) is 0. The highest BCUT2D eigenvalue weighted by Gasteiger charge is 2.17. The molecule has 0 amide bonds. The molecule has 0 saturated carbocycles. The fourth-order valence-corrected chi connectivity index (χ4v) is 2.53. The van der Waals surface area contributed by atoms with Crippen LogP contribution >= 0.6 is 0 Å². The Bertz CT molecular complexity index is 725. The van der Waals surface area contributed by atoms with Gasteiger partial charge in [0.15, 0.2) is 11.2 Å². The van der Waals surface area contributed by atoms with Gasteiger partial charge in [-0.25, -0.2) is 9.78 Å². The lowest BCUT2D eigenvalue weighted by Crippen LogP contribution is -2.31. The lowest BCUT2D eigenvalue weighted by atomic mass is 10.3. The van der Waals surface area contributed by atoms with Gasteiger partial charge in [-0.05, 0) is 26.3 Å². The van der Waals surface area contributed by atoms with Gasteiger partial charge in [0, 0.05) is 19.5 Å². The van der Waals surface area contributed by atoms with Gasteiger partial charge in [0.2, 0.25) is 0 Å². The number of nitrogens with two attached hydrogens (primary N) is 1. The predicted molar refractivity (Wildman–Crippen MR) is 82.6 cm³/mol. The standard InChI is InChI=1S/C14H23N5O2/c1-3-5-9-19-12-11(13(20)17-14(19)21)18(4-2)10(16-12)7-6-8-15/h3-9,15H2,1-2H3,(H,17,20,21). The molecule has 2 aromatic heterocycles. The topological polar surface area (TPSA) is 98.7 Å². The summed E-state index contributed by atoms with van der Waals surface area (Å²) in [7, 11) is 0. The van der Waals surface area contributed by atoms with Gasteiger partial charge in [0.05, 0.1) is 0 Å². The second-order valence-corrected chi connectivity index (χ2v) is 5.10. The number of aromatic amines is 1. The summed E-state index contributed by atoms with van der Waals surface area (Å²) < 4.78 is 3.45. The normalized spacial score (nSPS) is 11.4. The summed E-state index contributed by atoms with van der Waals surface area (Å²) in [5.74, 6) is 0.819. The monoisotopic (exact) mass is 293 g/mol. The van der Waals surface area contributed by atoms with Gasteiger partial charge >= 0.3 is 5.69 Å². The number of aromatic nitrogens is 4. The Kier molecular flexibility index (Phi) is 4.95. The number of nitrogens with zero attached hydrogens (tertiary/aromatic N) is 3. The summed E-state index contributed by atoms with van der Waals surface area (Å²) >= 11 is 0. The molecule has 0 saturated heterocycles. The van der Waals surface area contributed by atoms with Crippen molar-refractivity contribution in [1.29, 1.82) is 0 Å². The number of H-pyrrole nitrogens is 1. The van der Waals surface area contributed by atoms with Crippen molar-refractivity contribution in [1.82, 2.24) is 19.1 Å². The third-order valence-electron chi connectivity index (χ3n) is 3.62. The van der Waals surface area contributed by atoms with Crippen molar-refractivity contribution in [2.24, 2.45) is 5.73 Å². The van der Waals surface area contributed by atoms with Crippen molar-refractivity contribution in [2.45, 2.75) is 52.6 Å². The van der Waals surface area contributed by atoms with Crippen LogP contribution in [0.1, 0.15) is 38.9 Å². The second kappa shape index (κ2) is 6.71. The first-order valence-electron chi connectivity index (χ1n) is 7.56. The van der Waals surface area contributed by atoms with E-state index in [2.05, 4.69) is 16.9 Å². The highest BCUT2D eigenvalue weighted by Crippen LogP contribution is 2.13. The van der Waals surface area contributed by atoms with E-state index in [0.717, 1.165) is 25.1 Å². The summed E-state index contributed by atoms with van der Waals surface area (Å²) in [6.07, 6.45) is 3.36. The Hall–Kier alpha value is -1.89. The van der Waals surface area contributed by atoms with Crippen LogP contribution in [-0.2, 0) is 19.5 Å². The molecule has 7 nitrogen and oxygen atoms in total. The van der Waals surface area contributed by atoms with Crippen molar-refractivity contribution in [3.05, 3.63) is 26.7 Å². The van der Waals surface area contributed by atoms with Crippen LogP contribution in [0, 0.1) is 0 Å². The maximum Gasteiger partial charge on any atom is 0.330 e. The Balaban J connectivity index is 2.66. The number of hydrogen-bond donors (Lipinski definition) is 2. The van der Waals surface area contributed by atoms with Gasteiger partial charge < -0.3 is 10.3 Å². The number of aryl methyl sites for hydroxylation is 3. The van der Waals surface area contributed by atoms with Gasteiger partial charge in [0.25, 0.3) is 5.56 Å². The van der Waals surface area contributed by atoms with Crippen LogP contribution < -0.4 is 17.0 Å². The van der Waals surface area contributed by atoms with Crippen LogP contribution in [0.15, 0.2) is 9.59 Å². The minimum atomic E-state index is -0.382.